The lowest BCUT2D eigenvalue weighted by molar-refractivity contribution is -0.134. The van der Waals surface area contributed by atoms with Crippen molar-refractivity contribution in [2.24, 2.45) is 0 Å². The maximum absolute atomic E-state index is 12.8. The lowest BCUT2D eigenvalue weighted by Crippen LogP contribution is -2.36. The summed E-state index contributed by atoms with van der Waals surface area (Å²) in [5.41, 5.74) is 3.19. The fourth-order valence-electron chi connectivity index (χ4n) is 3.46. The van der Waals surface area contributed by atoms with Crippen molar-refractivity contribution in [2.45, 2.75) is 39.5 Å². The number of halogens is 3. The molecule has 0 amide bonds. The minimum Gasteiger partial charge on any atom is -0.336 e. The third-order valence-electron chi connectivity index (χ3n) is 4.99. The number of hydrogen-bond acceptors (Lipinski definition) is 5. The summed E-state index contributed by atoms with van der Waals surface area (Å²) in [5.74, 6) is 0.786. The van der Waals surface area contributed by atoms with Crippen molar-refractivity contribution < 1.29 is 13.2 Å². The fourth-order valence-corrected chi connectivity index (χ4v) is 4.33. The molecule has 9 heteroatoms. The van der Waals surface area contributed by atoms with E-state index < -0.39 is 16.7 Å². The molecule has 0 atom stereocenters. The van der Waals surface area contributed by atoms with E-state index in [4.69, 9.17) is 0 Å². The van der Waals surface area contributed by atoms with E-state index in [-0.39, 0.29) is 6.54 Å². The fraction of sp³-hybridized carbons (Fsp3) is 0.350. The molecule has 0 unspecified atom stereocenters. The molecule has 0 spiro atoms. The highest BCUT2D eigenvalue weighted by Gasteiger charge is 2.32. The van der Waals surface area contributed by atoms with E-state index >= 15 is 0 Å². The smallest absolute Gasteiger partial charge is 0.336 e. The summed E-state index contributed by atoms with van der Waals surface area (Å²) in [5, 5.41) is 0. The molecule has 152 valence electrons. The first-order chi connectivity index (χ1) is 13.7. The van der Waals surface area contributed by atoms with Crippen molar-refractivity contribution in [1.29, 1.82) is 0 Å². The molecule has 0 bridgehead atoms. The molecule has 0 fully saturated rings. The first-order valence-electron chi connectivity index (χ1n) is 9.15. The van der Waals surface area contributed by atoms with Crippen molar-refractivity contribution >= 4 is 17.3 Å². The van der Waals surface area contributed by atoms with Crippen LogP contribution in [0.3, 0.4) is 0 Å². The summed E-state index contributed by atoms with van der Waals surface area (Å²) in [6, 6.07) is 8.73. The Balaban J connectivity index is 1.57. The Morgan fingerprint density at radius 3 is 2.59 bits per heavy atom. The Morgan fingerprint density at radius 2 is 1.90 bits per heavy atom. The van der Waals surface area contributed by atoms with Crippen LogP contribution >= 0.6 is 11.3 Å². The van der Waals surface area contributed by atoms with Crippen molar-refractivity contribution in [3.8, 4) is 0 Å². The van der Waals surface area contributed by atoms with E-state index in [9.17, 15) is 18.0 Å². The molecule has 4 rings (SSSR count). The molecular formula is C20H19F3N4OS. The Morgan fingerprint density at radius 1 is 1.10 bits per heavy atom. The predicted octanol–water partition coefficient (Wildman–Crippen LogP) is 3.95. The van der Waals surface area contributed by atoms with E-state index in [1.165, 1.54) is 27.3 Å². The summed E-state index contributed by atoms with van der Waals surface area (Å²) >= 11 is 0.627. The summed E-state index contributed by atoms with van der Waals surface area (Å²) < 4.78 is 39.7. The van der Waals surface area contributed by atoms with E-state index in [0.29, 0.717) is 41.1 Å². The topological polar surface area (TPSA) is 51.0 Å². The van der Waals surface area contributed by atoms with Gasteiger partial charge in [0.15, 0.2) is 0 Å². The van der Waals surface area contributed by atoms with Gasteiger partial charge in [-0.15, -0.1) is 11.3 Å². The van der Waals surface area contributed by atoms with Crippen LogP contribution in [0.2, 0.25) is 0 Å². The van der Waals surface area contributed by atoms with Gasteiger partial charge in [0.25, 0.3) is 0 Å². The van der Waals surface area contributed by atoms with Gasteiger partial charge in [-0.3, -0.25) is 4.57 Å². The predicted molar refractivity (Wildman–Crippen MR) is 105 cm³/mol. The monoisotopic (exact) mass is 420 g/mol. The maximum Gasteiger partial charge on any atom is 0.425 e. The second-order valence-electron chi connectivity index (χ2n) is 7.15. The highest BCUT2D eigenvalue weighted by atomic mass is 32.1. The summed E-state index contributed by atoms with van der Waals surface area (Å²) in [6.45, 7) is 5.08. The van der Waals surface area contributed by atoms with Crippen LogP contribution in [0.25, 0.3) is 0 Å². The van der Waals surface area contributed by atoms with Crippen LogP contribution in [-0.2, 0) is 25.7 Å². The highest BCUT2D eigenvalue weighted by molar-refractivity contribution is 7.12. The maximum atomic E-state index is 12.8. The number of nitrogens with zero attached hydrogens (tertiary/aromatic N) is 4. The van der Waals surface area contributed by atoms with Crippen LogP contribution in [-0.4, -0.2) is 21.1 Å². The number of aryl methyl sites for hydroxylation is 2. The van der Waals surface area contributed by atoms with Crippen LogP contribution < -0.4 is 10.6 Å². The average molecular weight is 420 g/mol. The Bertz CT molecular complexity index is 1120. The molecule has 0 aliphatic carbocycles. The van der Waals surface area contributed by atoms with Crippen molar-refractivity contribution in [2.75, 3.05) is 11.4 Å². The zero-order valence-electron chi connectivity index (χ0n) is 16.0. The van der Waals surface area contributed by atoms with Gasteiger partial charge in [0.1, 0.15) is 10.7 Å². The number of rotatable bonds is 3. The standard InChI is InChI=1S/C20H19F3N4OS/c1-12-3-4-15-10-26(8-7-14(15)9-12)18-24-13(2)27(19(28)25-18)11-16-5-6-17(29-16)20(21,22)23/h3-6,9H,7-8,10-11H2,1-2H3. The molecular weight excluding hydrogens is 401 g/mol. The zero-order chi connectivity index (χ0) is 20.8. The van der Waals surface area contributed by atoms with E-state index in [1.807, 2.05) is 4.90 Å². The molecule has 5 nitrogen and oxygen atoms in total. The molecule has 1 aromatic carbocycles. The van der Waals surface area contributed by atoms with Gasteiger partial charge in [0, 0.05) is 18.0 Å². The molecule has 0 saturated carbocycles. The minimum atomic E-state index is -4.38. The van der Waals surface area contributed by atoms with Crippen LogP contribution in [0.15, 0.2) is 35.1 Å². The molecule has 0 N–H and O–H groups in total. The van der Waals surface area contributed by atoms with E-state index in [1.54, 1.807) is 6.92 Å². The molecule has 2 aromatic heterocycles. The zero-order valence-corrected chi connectivity index (χ0v) is 16.8. The molecule has 3 aromatic rings. The quantitative estimate of drug-likeness (QED) is 0.644. The largest absolute Gasteiger partial charge is 0.425 e. The molecule has 0 radical (unpaired) electrons. The van der Waals surface area contributed by atoms with Crippen LogP contribution in [0.5, 0.6) is 0 Å². The normalized spacial score (nSPS) is 14.2. The molecule has 1 aliphatic rings. The third-order valence-corrected chi connectivity index (χ3v) is 6.11. The highest BCUT2D eigenvalue weighted by Crippen LogP contribution is 2.34. The summed E-state index contributed by atoms with van der Waals surface area (Å²) in [6.07, 6.45) is -3.54. The van der Waals surface area contributed by atoms with Gasteiger partial charge in [0.05, 0.1) is 6.54 Å². The number of anilines is 1. The number of hydrogen-bond donors (Lipinski definition) is 0. The van der Waals surface area contributed by atoms with Crippen molar-refractivity contribution in [1.82, 2.24) is 14.5 Å². The van der Waals surface area contributed by atoms with Gasteiger partial charge >= 0.3 is 11.9 Å². The number of thiophene rings is 1. The van der Waals surface area contributed by atoms with E-state index in [2.05, 4.69) is 35.1 Å². The van der Waals surface area contributed by atoms with Crippen molar-refractivity contribution in [3.63, 3.8) is 0 Å². The lowest BCUT2D eigenvalue weighted by atomic mass is 9.98. The van der Waals surface area contributed by atoms with Crippen LogP contribution in [0.4, 0.5) is 19.1 Å². The van der Waals surface area contributed by atoms with Crippen LogP contribution in [0, 0.1) is 13.8 Å². The summed E-state index contributed by atoms with van der Waals surface area (Å²) in [7, 11) is 0. The van der Waals surface area contributed by atoms with Gasteiger partial charge in [-0.25, -0.2) is 4.79 Å². The van der Waals surface area contributed by atoms with Crippen molar-refractivity contribution in [3.05, 3.63) is 73.1 Å². The molecule has 3 heterocycles. The first kappa shape index (κ1) is 19.6. The summed E-state index contributed by atoms with van der Waals surface area (Å²) in [4.78, 5) is 22.8. The van der Waals surface area contributed by atoms with Crippen LogP contribution in [0.1, 0.15) is 32.3 Å². The minimum absolute atomic E-state index is 0.0216. The van der Waals surface area contributed by atoms with Gasteiger partial charge < -0.3 is 4.90 Å². The molecule has 0 saturated heterocycles. The Labute approximate surface area is 169 Å². The second-order valence-corrected chi connectivity index (χ2v) is 8.32. The number of alkyl halides is 3. The number of aromatic nitrogens is 3. The van der Waals surface area contributed by atoms with Gasteiger partial charge in [0.2, 0.25) is 5.95 Å². The second kappa shape index (κ2) is 7.29. The lowest BCUT2D eigenvalue weighted by Gasteiger charge is -2.29. The molecule has 29 heavy (non-hydrogen) atoms. The van der Waals surface area contributed by atoms with Gasteiger partial charge in [-0.05, 0) is 43.5 Å². The first-order valence-corrected chi connectivity index (χ1v) is 9.97. The SMILES string of the molecule is Cc1ccc2c(c1)CCN(c1nc(C)n(Cc3ccc(C(F)(F)F)s3)c(=O)n1)C2. The Kier molecular flexibility index (Phi) is 4.94. The Hall–Kier alpha value is -2.68. The third kappa shape index (κ3) is 4.05. The van der Waals surface area contributed by atoms with Gasteiger partial charge in [-0.2, -0.15) is 23.1 Å². The van der Waals surface area contributed by atoms with Gasteiger partial charge in [-0.1, -0.05) is 23.8 Å². The number of fused-ring (bicyclic) bond motifs is 1. The molecule has 1 aliphatic heterocycles. The number of benzene rings is 1. The van der Waals surface area contributed by atoms with E-state index in [0.717, 1.165) is 12.5 Å². The average Bonchev–Trinajstić information content (AvgIpc) is 3.13.